The molecule has 0 aromatic heterocycles. The first kappa shape index (κ1) is 25.6. The maximum absolute atomic E-state index is 6.06. The largest absolute Gasteiger partial charge is 0.494 e. The summed E-state index contributed by atoms with van der Waals surface area (Å²) < 4.78 is 6.06. The van der Waals surface area contributed by atoms with Crippen LogP contribution in [0.5, 0.6) is 5.75 Å². The molecule has 1 aromatic carbocycles. The lowest BCUT2D eigenvalue weighted by molar-refractivity contribution is 0.228. The minimum Gasteiger partial charge on any atom is -0.494 e. The van der Waals surface area contributed by atoms with Gasteiger partial charge in [0.25, 0.3) is 0 Å². The molecule has 32 heavy (non-hydrogen) atoms. The van der Waals surface area contributed by atoms with Crippen LogP contribution in [0.1, 0.15) is 129 Å². The second-order valence-corrected chi connectivity index (χ2v) is 11.4. The van der Waals surface area contributed by atoms with E-state index in [4.69, 9.17) is 4.74 Å². The van der Waals surface area contributed by atoms with Crippen molar-refractivity contribution < 1.29 is 4.74 Å². The standard InChI is InChI=1S/C31H52O/c1-3-4-5-6-7-9-27-15-17-28(18-16-27)10-8-25-32-31-23-21-30(22-24-31)20-19-29-13-11-26(2)12-14-29/h21-24,26-29H,3-20,25H2,1-2H3/t26-,27-,28-,29-. The maximum Gasteiger partial charge on any atom is 0.119 e. The van der Waals surface area contributed by atoms with Gasteiger partial charge < -0.3 is 4.74 Å². The third kappa shape index (κ3) is 9.88. The molecule has 0 N–H and O–H groups in total. The Bertz CT molecular complexity index is 575. The molecular formula is C31H52O. The number of hydrogen-bond donors (Lipinski definition) is 0. The van der Waals surface area contributed by atoms with E-state index >= 15 is 0 Å². The van der Waals surface area contributed by atoms with Crippen LogP contribution in [-0.2, 0) is 6.42 Å². The minimum atomic E-state index is 0.886. The molecule has 0 radical (unpaired) electrons. The highest BCUT2D eigenvalue weighted by Crippen LogP contribution is 2.34. The van der Waals surface area contributed by atoms with Crippen molar-refractivity contribution in [2.24, 2.45) is 23.7 Å². The summed E-state index contributed by atoms with van der Waals surface area (Å²) >= 11 is 0. The molecule has 1 nitrogen and oxygen atoms in total. The fraction of sp³-hybridized carbons (Fsp3) is 0.806. The average Bonchev–Trinajstić information content (AvgIpc) is 2.83. The molecule has 2 saturated carbocycles. The van der Waals surface area contributed by atoms with Gasteiger partial charge in [0.2, 0.25) is 0 Å². The third-order valence-corrected chi connectivity index (χ3v) is 8.61. The Morgan fingerprint density at radius 2 is 1.22 bits per heavy atom. The van der Waals surface area contributed by atoms with E-state index < -0.39 is 0 Å². The first-order valence-electron chi connectivity index (χ1n) is 14.4. The van der Waals surface area contributed by atoms with Gasteiger partial charge in [-0.25, -0.2) is 0 Å². The molecule has 0 heterocycles. The summed E-state index contributed by atoms with van der Waals surface area (Å²) in [6, 6.07) is 8.99. The van der Waals surface area contributed by atoms with Gasteiger partial charge in [0.05, 0.1) is 6.61 Å². The molecule has 0 spiro atoms. The number of rotatable bonds is 14. The van der Waals surface area contributed by atoms with Crippen LogP contribution in [0, 0.1) is 23.7 Å². The monoisotopic (exact) mass is 440 g/mol. The van der Waals surface area contributed by atoms with E-state index in [1.54, 1.807) is 0 Å². The quantitative estimate of drug-likeness (QED) is 0.261. The molecule has 2 fully saturated rings. The van der Waals surface area contributed by atoms with E-state index in [-0.39, 0.29) is 0 Å². The molecule has 0 aliphatic heterocycles. The average molecular weight is 441 g/mol. The number of unbranched alkanes of at least 4 members (excludes halogenated alkanes) is 4. The van der Waals surface area contributed by atoms with Crippen LogP contribution in [0.4, 0.5) is 0 Å². The predicted molar refractivity (Wildman–Crippen MR) is 139 cm³/mol. The van der Waals surface area contributed by atoms with E-state index in [0.29, 0.717) is 0 Å². The van der Waals surface area contributed by atoms with Gasteiger partial charge >= 0.3 is 0 Å². The van der Waals surface area contributed by atoms with Gasteiger partial charge in [0, 0.05) is 0 Å². The lowest BCUT2D eigenvalue weighted by atomic mass is 9.78. The van der Waals surface area contributed by atoms with Crippen molar-refractivity contribution in [2.45, 2.75) is 129 Å². The molecule has 0 saturated heterocycles. The first-order chi connectivity index (χ1) is 15.7. The lowest BCUT2D eigenvalue weighted by Crippen LogP contribution is -2.15. The summed E-state index contributed by atoms with van der Waals surface area (Å²) in [4.78, 5) is 0. The Morgan fingerprint density at radius 1 is 0.656 bits per heavy atom. The second-order valence-electron chi connectivity index (χ2n) is 11.4. The van der Waals surface area contributed by atoms with E-state index in [1.165, 1.54) is 121 Å². The molecule has 2 aliphatic rings. The van der Waals surface area contributed by atoms with Gasteiger partial charge in [-0.1, -0.05) is 116 Å². The van der Waals surface area contributed by atoms with Crippen LogP contribution in [0.3, 0.4) is 0 Å². The number of benzene rings is 1. The highest BCUT2D eigenvalue weighted by Gasteiger charge is 2.20. The molecule has 0 bridgehead atoms. The Kier molecular flexibility index (Phi) is 12.0. The molecule has 1 heteroatoms. The number of ether oxygens (including phenoxy) is 1. The maximum atomic E-state index is 6.06. The molecule has 182 valence electrons. The predicted octanol–water partition coefficient (Wildman–Crippen LogP) is 9.77. The van der Waals surface area contributed by atoms with Crippen molar-refractivity contribution in [3.05, 3.63) is 29.8 Å². The van der Waals surface area contributed by atoms with Gasteiger partial charge in [-0.3, -0.25) is 0 Å². The topological polar surface area (TPSA) is 9.23 Å². The molecule has 0 amide bonds. The molecule has 0 atom stereocenters. The van der Waals surface area contributed by atoms with Crippen molar-refractivity contribution in [3.8, 4) is 5.75 Å². The molecule has 0 unspecified atom stereocenters. The zero-order valence-corrected chi connectivity index (χ0v) is 21.5. The Balaban J connectivity index is 1.20. The fourth-order valence-electron chi connectivity index (χ4n) is 6.15. The minimum absolute atomic E-state index is 0.886. The molecule has 1 aromatic rings. The van der Waals surface area contributed by atoms with Gasteiger partial charge in [0.1, 0.15) is 5.75 Å². The van der Waals surface area contributed by atoms with Crippen molar-refractivity contribution in [1.29, 1.82) is 0 Å². The molecule has 2 aliphatic carbocycles. The number of aryl methyl sites for hydroxylation is 1. The second kappa shape index (κ2) is 15.0. The van der Waals surface area contributed by atoms with E-state index in [0.717, 1.165) is 36.0 Å². The lowest BCUT2D eigenvalue weighted by Gasteiger charge is -2.28. The van der Waals surface area contributed by atoms with Gasteiger partial charge in [-0.2, -0.15) is 0 Å². The summed E-state index contributed by atoms with van der Waals surface area (Å²) in [6.45, 7) is 5.61. The van der Waals surface area contributed by atoms with E-state index in [1.807, 2.05) is 0 Å². The van der Waals surface area contributed by atoms with Crippen molar-refractivity contribution >= 4 is 0 Å². The summed E-state index contributed by atoms with van der Waals surface area (Å²) in [7, 11) is 0. The zero-order chi connectivity index (χ0) is 22.4. The first-order valence-corrected chi connectivity index (χ1v) is 14.4. The van der Waals surface area contributed by atoms with E-state index in [9.17, 15) is 0 Å². The van der Waals surface area contributed by atoms with Crippen LogP contribution in [-0.4, -0.2) is 6.61 Å². The molecular weight excluding hydrogens is 388 g/mol. The van der Waals surface area contributed by atoms with Crippen LogP contribution in [0.2, 0.25) is 0 Å². The highest BCUT2D eigenvalue weighted by atomic mass is 16.5. The third-order valence-electron chi connectivity index (χ3n) is 8.61. The molecule has 3 rings (SSSR count). The van der Waals surface area contributed by atoms with Crippen molar-refractivity contribution in [3.63, 3.8) is 0 Å². The SMILES string of the molecule is CCCCCCC[C@H]1CC[C@H](CCCOc2ccc(CC[C@H]3CC[C@H](C)CC3)cc2)CC1. The Labute approximate surface area is 200 Å². The fourth-order valence-corrected chi connectivity index (χ4v) is 6.15. The highest BCUT2D eigenvalue weighted by molar-refractivity contribution is 5.27. The van der Waals surface area contributed by atoms with Crippen molar-refractivity contribution in [1.82, 2.24) is 0 Å². The summed E-state index contributed by atoms with van der Waals surface area (Å²) in [5, 5.41) is 0. The van der Waals surface area contributed by atoms with Crippen molar-refractivity contribution in [2.75, 3.05) is 6.61 Å². The van der Waals surface area contributed by atoms with Gasteiger partial charge in [-0.05, 0) is 67.1 Å². The summed E-state index contributed by atoms with van der Waals surface area (Å²) in [6.07, 6.45) is 25.5. The van der Waals surface area contributed by atoms with Crippen LogP contribution in [0.25, 0.3) is 0 Å². The van der Waals surface area contributed by atoms with Gasteiger partial charge in [-0.15, -0.1) is 0 Å². The Hall–Kier alpha value is -0.980. The summed E-state index contributed by atoms with van der Waals surface area (Å²) in [5.41, 5.74) is 1.48. The van der Waals surface area contributed by atoms with Crippen LogP contribution >= 0.6 is 0 Å². The van der Waals surface area contributed by atoms with Gasteiger partial charge in [0.15, 0.2) is 0 Å². The van der Waals surface area contributed by atoms with Crippen LogP contribution < -0.4 is 4.74 Å². The smallest absolute Gasteiger partial charge is 0.119 e. The zero-order valence-electron chi connectivity index (χ0n) is 21.5. The number of hydrogen-bond acceptors (Lipinski definition) is 1. The summed E-state index contributed by atoms with van der Waals surface area (Å²) in [5.74, 6) is 4.97. The van der Waals surface area contributed by atoms with E-state index in [2.05, 4.69) is 38.1 Å². The Morgan fingerprint density at radius 3 is 1.88 bits per heavy atom. The normalized spacial score (nSPS) is 26.2. The van der Waals surface area contributed by atoms with Crippen LogP contribution in [0.15, 0.2) is 24.3 Å².